The third-order valence-electron chi connectivity index (χ3n) is 0.746. The molecular weight excluding hydrogens is 210 g/mol. The van der Waals surface area contributed by atoms with Gasteiger partial charge in [0, 0.05) is 14.3 Å². The van der Waals surface area contributed by atoms with Gasteiger partial charge in [0.15, 0.2) is 0 Å². The summed E-state index contributed by atoms with van der Waals surface area (Å²) in [5, 5.41) is 2.49. The van der Waals surface area contributed by atoms with Gasteiger partial charge < -0.3 is 4.52 Å². The average molecular weight is 219 g/mol. The number of hydrogen-bond donors (Lipinski definition) is 0. The summed E-state index contributed by atoms with van der Waals surface area (Å²) >= 11 is 0. The Balaban J connectivity index is 4.70. The van der Waals surface area contributed by atoms with Crippen LogP contribution in [-0.2, 0) is 9.09 Å². The van der Waals surface area contributed by atoms with E-state index in [1.807, 2.05) is 4.91 Å². The van der Waals surface area contributed by atoms with Crippen LogP contribution in [0.2, 0.25) is 0 Å². The highest BCUT2D eigenvalue weighted by molar-refractivity contribution is 7.58. The molecule has 5 nitrogen and oxygen atoms in total. The van der Waals surface area contributed by atoms with E-state index in [4.69, 9.17) is 8.27 Å². The van der Waals surface area contributed by atoms with Crippen LogP contribution in [0.5, 0.6) is 0 Å². The van der Waals surface area contributed by atoms with E-state index >= 15 is 0 Å². The van der Waals surface area contributed by atoms with Crippen LogP contribution in [0.3, 0.4) is 0 Å². The summed E-state index contributed by atoms with van der Waals surface area (Å²) in [5.74, 6) is 0. The quantitative estimate of drug-likeness (QED) is 0.315. The normalized spacial score (nSPS) is 19.4. The largest absolute Gasteiger partial charge is 0.412 e. The van der Waals surface area contributed by atoms with E-state index in [1.165, 1.54) is 0 Å². The SMILES string of the molecule is [2H]C([2H])(N=[N+]=[N-])P(C)(=O)OCC(F)(F)F. The standard InChI is InChI=1S/C4H7F3N3O2P/c1-13(11,3-9-10-8)12-2-4(5,6)7/h2-3H2,1H3/i3D2. The molecule has 0 aromatic carbocycles. The van der Waals surface area contributed by atoms with E-state index in [1.54, 1.807) is 0 Å². The van der Waals surface area contributed by atoms with Gasteiger partial charge in [-0.05, 0) is 5.53 Å². The van der Waals surface area contributed by atoms with Crippen LogP contribution in [0, 0.1) is 0 Å². The number of alkyl halides is 3. The number of nitrogens with zero attached hydrogens (tertiary/aromatic N) is 3. The predicted molar refractivity (Wildman–Crippen MR) is 39.6 cm³/mol. The van der Waals surface area contributed by atoms with Crippen molar-refractivity contribution in [3.05, 3.63) is 10.4 Å². The molecule has 0 aliphatic carbocycles. The highest BCUT2D eigenvalue weighted by atomic mass is 31.2. The summed E-state index contributed by atoms with van der Waals surface area (Å²) in [6.45, 7) is -1.23. The molecule has 0 aromatic rings. The van der Waals surface area contributed by atoms with Crippen LogP contribution in [0.15, 0.2) is 5.11 Å². The van der Waals surface area contributed by atoms with Crippen molar-refractivity contribution < 1.29 is 25.0 Å². The van der Waals surface area contributed by atoms with Gasteiger partial charge >= 0.3 is 6.18 Å². The molecule has 76 valence electrons. The molecule has 0 N–H and O–H groups in total. The summed E-state index contributed by atoms with van der Waals surface area (Å²) in [7, 11) is -4.32. The molecule has 0 amide bonds. The number of azide groups is 1. The lowest BCUT2D eigenvalue weighted by Crippen LogP contribution is -2.16. The lowest BCUT2D eigenvalue weighted by Gasteiger charge is -2.12. The summed E-state index contributed by atoms with van der Waals surface area (Å²) in [6.07, 6.45) is -7.72. The molecule has 0 bridgehead atoms. The Morgan fingerprint density at radius 2 is 2.31 bits per heavy atom. The van der Waals surface area contributed by atoms with Crippen LogP contribution in [0.4, 0.5) is 13.2 Å². The van der Waals surface area contributed by atoms with Crippen LogP contribution < -0.4 is 0 Å². The summed E-state index contributed by atoms with van der Waals surface area (Å²) in [5.41, 5.74) is 7.91. The van der Waals surface area contributed by atoms with E-state index in [-0.39, 0.29) is 0 Å². The number of rotatable bonds is 4. The maximum atomic E-state index is 11.7. The van der Waals surface area contributed by atoms with E-state index in [0.717, 1.165) is 0 Å². The second-order valence-electron chi connectivity index (χ2n) is 2.02. The second-order valence-corrected chi connectivity index (χ2v) is 4.17. The molecule has 0 saturated heterocycles. The van der Waals surface area contributed by atoms with E-state index < -0.39 is 26.4 Å². The van der Waals surface area contributed by atoms with E-state index in [9.17, 15) is 17.7 Å². The first-order chi connectivity index (χ1) is 6.52. The van der Waals surface area contributed by atoms with Crippen molar-refractivity contribution >= 4 is 7.37 Å². The summed E-state index contributed by atoms with van der Waals surface area (Å²) < 4.78 is 64.1. The molecule has 0 saturated carbocycles. The molecule has 0 aromatic heterocycles. The van der Waals surface area contributed by atoms with Gasteiger partial charge in [0.2, 0.25) is 7.37 Å². The van der Waals surface area contributed by atoms with Gasteiger partial charge in [0.1, 0.15) is 12.8 Å². The smallest absolute Gasteiger partial charge is 0.319 e. The second kappa shape index (κ2) is 4.50. The molecule has 9 heteroatoms. The zero-order valence-corrected chi connectivity index (χ0v) is 7.34. The van der Waals surface area contributed by atoms with Gasteiger partial charge in [-0.25, -0.2) is 0 Å². The van der Waals surface area contributed by atoms with Gasteiger partial charge in [0.25, 0.3) is 0 Å². The average Bonchev–Trinajstić information content (AvgIpc) is 1.99. The lowest BCUT2D eigenvalue weighted by atomic mass is 10.7. The number of halogens is 3. The molecule has 1 unspecified atom stereocenters. The first-order valence-corrected chi connectivity index (χ1v) is 4.94. The molecule has 0 rings (SSSR count). The Bertz CT molecular complexity index is 328. The van der Waals surface area contributed by atoms with Crippen molar-refractivity contribution in [3.63, 3.8) is 0 Å². The molecule has 0 aliphatic rings. The Morgan fingerprint density at radius 1 is 1.77 bits per heavy atom. The molecule has 0 fully saturated rings. The van der Waals surface area contributed by atoms with Crippen molar-refractivity contribution in [2.45, 2.75) is 6.18 Å². The number of hydrogen-bond acceptors (Lipinski definition) is 3. The Kier molecular flexibility index (Phi) is 3.07. The molecule has 0 heterocycles. The van der Waals surface area contributed by atoms with E-state index in [0.29, 0.717) is 6.66 Å². The van der Waals surface area contributed by atoms with Crippen molar-refractivity contribution in [1.82, 2.24) is 0 Å². The molecular formula is C4H7F3N3O2P. The van der Waals surface area contributed by atoms with Crippen LogP contribution in [-0.4, -0.2) is 25.7 Å². The monoisotopic (exact) mass is 219 g/mol. The zero-order chi connectivity index (χ0) is 12.3. The minimum atomic E-state index is -4.72. The van der Waals surface area contributed by atoms with Crippen molar-refractivity contribution in [3.8, 4) is 0 Å². The van der Waals surface area contributed by atoms with Gasteiger partial charge in [-0.15, -0.1) is 0 Å². The first-order valence-electron chi connectivity index (χ1n) is 3.87. The topological polar surface area (TPSA) is 75.1 Å². The molecule has 0 radical (unpaired) electrons. The molecule has 0 aliphatic heterocycles. The minimum absolute atomic E-state index is 0.632. The fourth-order valence-corrected chi connectivity index (χ4v) is 0.979. The third kappa shape index (κ3) is 7.64. The highest BCUT2D eigenvalue weighted by Gasteiger charge is 2.31. The van der Waals surface area contributed by atoms with Crippen molar-refractivity contribution in [2.75, 3.05) is 19.5 Å². The minimum Gasteiger partial charge on any atom is -0.319 e. The van der Waals surface area contributed by atoms with Gasteiger partial charge in [-0.2, -0.15) is 13.2 Å². The van der Waals surface area contributed by atoms with Crippen molar-refractivity contribution in [1.29, 1.82) is 0 Å². The summed E-state index contributed by atoms with van der Waals surface area (Å²) in [4.78, 5) is 2.03. The third-order valence-corrected chi connectivity index (χ3v) is 1.82. The lowest BCUT2D eigenvalue weighted by molar-refractivity contribution is -0.153. The maximum absolute atomic E-state index is 11.7. The highest BCUT2D eigenvalue weighted by Crippen LogP contribution is 2.43. The van der Waals surface area contributed by atoms with Gasteiger partial charge in [0.05, 0.1) is 0 Å². The fraction of sp³-hybridized carbons (Fsp3) is 1.00. The van der Waals surface area contributed by atoms with Crippen LogP contribution in [0.1, 0.15) is 2.74 Å². The molecule has 1 atom stereocenters. The first kappa shape index (κ1) is 8.87. The fourth-order valence-electron chi connectivity index (χ4n) is 0.326. The molecule has 13 heavy (non-hydrogen) atoms. The zero-order valence-electron chi connectivity index (χ0n) is 8.45. The van der Waals surface area contributed by atoms with Gasteiger partial charge in [-0.3, -0.25) is 4.57 Å². The Hall–Kier alpha value is -0.710. The van der Waals surface area contributed by atoms with Crippen molar-refractivity contribution in [2.24, 2.45) is 5.11 Å². The summed E-state index contributed by atoms with van der Waals surface area (Å²) in [6, 6.07) is 0. The molecule has 0 spiro atoms. The Morgan fingerprint density at radius 3 is 2.69 bits per heavy atom. The van der Waals surface area contributed by atoms with Crippen LogP contribution >= 0.6 is 7.37 Å². The predicted octanol–water partition coefficient (Wildman–Crippen LogP) is 2.74. The van der Waals surface area contributed by atoms with Gasteiger partial charge in [-0.1, -0.05) is 5.11 Å². The van der Waals surface area contributed by atoms with E-state index in [2.05, 4.69) is 9.64 Å². The maximum Gasteiger partial charge on any atom is 0.412 e. The van der Waals surface area contributed by atoms with Crippen LogP contribution in [0.25, 0.3) is 10.4 Å². The Labute approximate surface area is 74.8 Å².